The van der Waals surface area contributed by atoms with Crippen LogP contribution in [0.3, 0.4) is 0 Å². The van der Waals surface area contributed by atoms with E-state index in [4.69, 9.17) is 5.11 Å². The Kier molecular flexibility index (Phi) is 9.80. The number of aliphatic hydroxyl groups excluding tert-OH is 1. The SMILES string of the molecule is Cc1nc2cccc(NCc3ccc(CN4CCN(CCO)CC4)cc3)c2c(=O)n1C(C)CCC(=O)NC=O. The average molecular weight is 535 g/mol. The number of aryl methyl sites for hydroxylation is 1. The average Bonchev–Trinajstić information content (AvgIpc) is 2.93. The number of piperazine rings is 1. The highest BCUT2D eigenvalue weighted by Gasteiger charge is 2.18. The zero-order chi connectivity index (χ0) is 27.8. The molecule has 4 rings (SSSR count). The van der Waals surface area contributed by atoms with Gasteiger partial charge in [0.2, 0.25) is 12.3 Å². The molecule has 10 heteroatoms. The predicted octanol–water partition coefficient (Wildman–Crippen LogP) is 2.04. The van der Waals surface area contributed by atoms with Crippen LogP contribution in [-0.2, 0) is 22.7 Å². The molecule has 0 bridgehead atoms. The van der Waals surface area contributed by atoms with Crippen LogP contribution < -0.4 is 16.2 Å². The summed E-state index contributed by atoms with van der Waals surface area (Å²) in [5, 5.41) is 15.2. The molecule has 1 saturated heterocycles. The molecule has 0 aliphatic carbocycles. The highest BCUT2D eigenvalue weighted by atomic mass is 16.3. The second kappa shape index (κ2) is 13.5. The van der Waals surface area contributed by atoms with E-state index < -0.39 is 0 Å². The number of hydrogen-bond acceptors (Lipinski definition) is 8. The molecular weight excluding hydrogens is 496 g/mol. The largest absolute Gasteiger partial charge is 0.395 e. The minimum absolute atomic E-state index is 0.139. The number of aliphatic hydroxyl groups is 1. The first-order chi connectivity index (χ1) is 18.9. The van der Waals surface area contributed by atoms with Crippen LogP contribution in [0.4, 0.5) is 5.69 Å². The highest BCUT2D eigenvalue weighted by molar-refractivity contribution is 5.90. The Balaban J connectivity index is 1.42. The van der Waals surface area contributed by atoms with Gasteiger partial charge >= 0.3 is 0 Å². The number of nitrogens with one attached hydrogen (secondary N) is 2. The number of β-amino-alcohol motifs (C(OH)–C–C–N with tert-alkyl or cyclic N) is 1. The van der Waals surface area contributed by atoms with Gasteiger partial charge < -0.3 is 10.4 Å². The number of benzene rings is 2. The summed E-state index contributed by atoms with van der Waals surface area (Å²) >= 11 is 0. The Labute approximate surface area is 228 Å². The van der Waals surface area contributed by atoms with Gasteiger partial charge in [0.15, 0.2) is 0 Å². The van der Waals surface area contributed by atoms with E-state index in [1.165, 1.54) is 5.56 Å². The maximum atomic E-state index is 13.6. The van der Waals surface area contributed by atoms with Crippen LogP contribution in [0.2, 0.25) is 0 Å². The van der Waals surface area contributed by atoms with E-state index in [9.17, 15) is 14.4 Å². The third-order valence-corrected chi connectivity index (χ3v) is 7.35. The number of carbonyl (C=O) groups is 2. The van der Waals surface area contributed by atoms with Crippen LogP contribution in [0.5, 0.6) is 0 Å². The maximum absolute atomic E-state index is 13.6. The van der Waals surface area contributed by atoms with Crippen molar-refractivity contribution in [3.8, 4) is 0 Å². The summed E-state index contributed by atoms with van der Waals surface area (Å²) in [7, 11) is 0. The molecule has 39 heavy (non-hydrogen) atoms. The highest BCUT2D eigenvalue weighted by Crippen LogP contribution is 2.22. The first-order valence-electron chi connectivity index (χ1n) is 13.5. The van der Waals surface area contributed by atoms with Gasteiger partial charge in [-0.2, -0.15) is 0 Å². The van der Waals surface area contributed by atoms with E-state index in [0.29, 0.717) is 36.1 Å². The van der Waals surface area contributed by atoms with Gasteiger partial charge in [-0.3, -0.25) is 34.1 Å². The Morgan fingerprint density at radius 2 is 1.77 bits per heavy atom. The summed E-state index contributed by atoms with van der Waals surface area (Å²) in [4.78, 5) is 45.2. The van der Waals surface area contributed by atoms with Crippen LogP contribution in [-0.4, -0.2) is 76.1 Å². The molecule has 208 valence electrons. The molecule has 1 atom stereocenters. The monoisotopic (exact) mass is 534 g/mol. The van der Waals surface area contributed by atoms with Crippen LogP contribution >= 0.6 is 0 Å². The molecule has 10 nitrogen and oxygen atoms in total. The van der Waals surface area contributed by atoms with Crippen molar-refractivity contribution in [1.82, 2.24) is 24.7 Å². The van der Waals surface area contributed by atoms with E-state index in [1.807, 2.05) is 25.1 Å². The third kappa shape index (κ3) is 7.29. The smallest absolute Gasteiger partial charge is 0.263 e. The van der Waals surface area contributed by atoms with Crippen molar-refractivity contribution >= 4 is 28.9 Å². The molecule has 2 aromatic carbocycles. The Morgan fingerprint density at radius 1 is 1.08 bits per heavy atom. The number of aromatic nitrogens is 2. The molecule has 3 N–H and O–H groups in total. The maximum Gasteiger partial charge on any atom is 0.263 e. The Hall–Kier alpha value is -3.60. The Morgan fingerprint density at radius 3 is 2.46 bits per heavy atom. The molecule has 3 aromatic rings. The second-order valence-electron chi connectivity index (χ2n) is 10.1. The number of carbonyl (C=O) groups excluding carboxylic acids is 2. The minimum atomic E-state index is -0.370. The molecule has 1 aliphatic rings. The van der Waals surface area contributed by atoms with Crippen LogP contribution in [0, 0.1) is 6.92 Å². The third-order valence-electron chi connectivity index (χ3n) is 7.35. The van der Waals surface area contributed by atoms with Crippen molar-refractivity contribution in [2.24, 2.45) is 0 Å². The minimum Gasteiger partial charge on any atom is -0.395 e. The molecule has 0 saturated carbocycles. The van der Waals surface area contributed by atoms with Gasteiger partial charge in [0, 0.05) is 64.0 Å². The number of hydrogen-bond donors (Lipinski definition) is 3. The number of imide groups is 1. The summed E-state index contributed by atoms with van der Waals surface area (Å²) in [6.45, 7) is 10.1. The van der Waals surface area contributed by atoms with Gasteiger partial charge in [0.1, 0.15) is 5.82 Å². The molecule has 2 amide bonds. The molecule has 0 radical (unpaired) electrons. The van der Waals surface area contributed by atoms with Gasteiger partial charge in [0.25, 0.3) is 5.56 Å². The first kappa shape index (κ1) is 28.4. The molecular formula is C29H38N6O4. The summed E-state index contributed by atoms with van der Waals surface area (Å²) in [6, 6.07) is 13.9. The second-order valence-corrected chi connectivity index (χ2v) is 10.1. The topological polar surface area (TPSA) is 120 Å². The van der Waals surface area contributed by atoms with Crippen molar-refractivity contribution in [2.45, 2.75) is 45.8 Å². The van der Waals surface area contributed by atoms with Gasteiger partial charge in [-0.1, -0.05) is 30.3 Å². The van der Waals surface area contributed by atoms with E-state index in [-0.39, 0.29) is 30.5 Å². The van der Waals surface area contributed by atoms with Crippen molar-refractivity contribution in [3.05, 3.63) is 69.8 Å². The summed E-state index contributed by atoms with van der Waals surface area (Å²) in [6.07, 6.45) is 0.920. The lowest BCUT2D eigenvalue weighted by molar-refractivity contribution is -0.125. The van der Waals surface area contributed by atoms with Crippen LogP contribution in [0.1, 0.15) is 42.8 Å². The lowest BCUT2D eigenvalue weighted by atomic mass is 10.1. The van der Waals surface area contributed by atoms with Gasteiger partial charge in [-0.05, 0) is 43.5 Å². The summed E-state index contributed by atoms with van der Waals surface area (Å²) in [5.74, 6) is 0.212. The summed E-state index contributed by atoms with van der Waals surface area (Å²) in [5.41, 5.74) is 3.56. The van der Waals surface area contributed by atoms with Crippen molar-refractivity contribution in [3.63, 3.8) is 0 Å². The van der Waals surface area contributed by atoms with E-state index >= 15 is 0 Å². The van der Waals surface area contributed by atoms with Gasteiger partial charge in [-0.25, -0.2) is 4.98 Å². The fraction of sp³-hybridized carbons (Fsp3) is 0.448. The van der Waals surface area contributed by atoms with Crippen molar-refractivity contribution in [2.75, 3.05) is 44.6 Å². The molecule has 0 spiro atoms. The zero-order valence-corrected chi connectivity index (χ0v) is 22.7. The molecule has 1 fully saturated rings. The fourth-order valence-electron chi connectivity index (χ4n) is 5.16. The fourth-order valence-corrected chi connectivity index (χ4v) is 5.16. The number of nitrogens with zero attached hydrogens (tertiary/aromatic N) is 4. The molecule has 1 aromatic heterocycles. The number of amides is 2. The predicted molar refractivity (Wildman–Crippen MR) is 151 cm³/mol. The quantitative estimate of drug-likeness (QED) is 0.302. The van der Waals surface area contributed by atoms with Gasteiger partial charge in [-0.15, -0.1) is 0 Å². The Bertz CT molecular complexity index is 1330. The number of rotatable bonds is 12. The normalized spacial score (nSPS) is 15.3. The van der Waals surface area contributed by atoms with Gasteiger partial charge in [0.05, 0.1) is 17.5 Å². The van der Waals surface area contributed by atoms with E-state index in [1.54, 1.807) is 11.5 Å². The van der Waals surface area contributed by atoms with E-state index in [2.05, 4.69) is 49.7 Å². The first-order valence-corrected chi connectivity index (χ1v) is 13.5. The number of fused-ring (bicyclic) bond motifs is 1. The zero-order valence-electron chi connectivity index (χ0n) is 22.7. The summed E-state index contributed by atoms with van der Waals surface area (Å²) < 4.78 is 1.63. The van der Waals surface area contributed by atoms with E-state index in [0.717, 1.165) is 50.5 Å². The molecule has 2 heterocycles. The number of anilines is 1. The lowest BCUT2D eigenvalue weighted by Gasteiger charge is -2.34. The van der Waals surface area contributed by atoms with Crippen molar-refractivity contribution < 1.29 is 14.7 Å². The molecule has 1 aliphatic heterocycles. The standard InChI is InChI=1S/C29H38N6O4/c1-21(6-11-27(38)31-20-37)35-22(2)32-26-5-3-4-25(28(26)29(35)39)30-18-23-7-9-24(10-8-23)19-34-14-12-33(13-15-34)16-17-36/h3-5,7-10,20-21,30,36H,6,11-19H2,1-2H3,(H,31,37,38). The van der Waals surface area contributed by atoms with Crippen LogP contribution in [0.25, 0.3) is 10.9 Å². The van der Waals surface area contributed by atoms with Crippen molar-refractivity contribution in [1.29, 1.82) is 0 Å². The lowest BCUT2D eigenvalue weighted by Crippen LogP contribution is -2.46. The molecule has 1 unspecified atom stereocenters. The van der Waals surface area contributed by atoms with Crippen LogP contribution in [0.15, 0.2) is 47.3 Å².